The molecule has 0 aliphatic carbocycles. The van der Waals surface area contributed by atoms with Crippen LogP contribution >= 0.6 is 0 Å². The molecule has 1 aromatic heterocycles. The quantitative estimate of drug-likeness (QED) is 0.377. The van der Waals surface area contributed by atoms with Crippen LogP contribution in [-0.4, -0.2) is 95.0 Å². The van der Waals surface area contributed by atoms with Crippen molar-refractivity contribution in [2.45, 2.75) is 58.8 Å². The summed E-state index contributed by atoms with van der Waals surface area (Å²) < 4.78 is 13.2. The van der Waals surface area contributed by atoms with E-state index in [1.165, 1.54) is 6.92 Å². The third-order valence-corrected chi connectivity index (χ3v) is 7.38. The van der Waals surface area contributed by atoms with Crippen molar-refractivity contribution in [3.63, 3.8) is 0 Å². The summed E-state index contributed by atoms with van der Waals surface area (Å²) in [5, 5.41) is 18.4. The summed E-state index contributed by atoms with van der Waals surface area (Å²) in [6.07, 6.45) is 2.37. The molecular formula is C29H41N5O6. The summed E-state index contributed by atoms with van der Waals surface area (Å²) in [4.78, 5) is 40.9. The highest BCUT2D eigenvalue weighted by Gasteiger charge is 2.25. The number of benzene rings is 1. The highest BCUT2D eigenvalue weighted by atomic mass is 16.6. The molecule has 2 aliphatic heterocycles. The van der Waals surface area contributed by atoms with Gasteiger partial charge in [-0.1, -0.05) is 12.1 Å². The molecule has 2 aliphatic rings. The van der Waals surface area contributed by atoms with E-state index < -0.39 is 6.29 Å². The Labute approximate surface area is 235 Å². The first kappa shape index (κ1) is 29.7. The minimum absolute atomic E-state index is 0.0141. The maximum absolute atomic E-state index is 13.0. The van der Waals surface area contributed by atoms with Gasteiger partial charge < -0.3 is 29.7 Å². The summed E-state index contributed by atoms with van der Waals surface area (Å²) in [5.74, 6) is -0.212. The van der Waals surface area contributed by atoms with Crippen LogP contribution in [0.5, 0.6) is 0 Å². The van der Waals surface area contributed by atoms with Crippen LogP contribution < -0.4 is 5.32 Å². The molecule has 11 nitrogen and oxygen atoms in total. The van der Waals surface area contributed by atoms with E-state index in [-0.39, 0.29) is 24.3 Å². The van der Waals surface area contributed by atoms with Crippen LogP contribution in [0.15, 0.2) is 24.3 Å². The maximum Gasteiger partial charge on any atom is 0.269 e. The Balaban J connectivity index is 1.33. The number of aryl methyl sites for hydroxylation is 2. The van der Waals surface area contributed by atoms with E-state index in [1.807, 2.05) is 6.92 Å². The molecule has 218 valence electrons. The lowest BCUT2D eigenvalue weighted by Crippen LogP contribution is -2.50. The van der Waals surface area contributed by atoms with Crippen molar-refractivity contribution >= 4 is 17.7 Å². The van der Waals surface area contributed by atoms with Crippen molar-refractivity contribution in [3.8, 4) is 0 Å². The molecule has 1 saturated heterocycles. The fourth-order valence-corrected chi connectivity index (χ4v) is 5.17. The minimum atomic E-state index is -1.17. The van der Waals surface area contributed by atoms with Crippen LogP contribution in [0.3, 0.4) is 0 Å². The number of carbonyl (C=O) groups excluding carboxylic acids is 3. The number of nitrogens with one attached hydrogen (secondary N) is 1. The van der Waals surface area contributed by atoms with Crippen LogP contribution in [0.1, 0.15) is 77.1 Å². The van der Waals surface area contributed by atoms with Gasteiger partial charge in [0.25, 0.3) is 11.8 Å². The Morgan fingerprint density at radius 3 is 2.65 bits per heavy atom. The van der Waals surface area contributed by atoms with Gasteiger partial charge in [-0.2, -0.15) is 5.10 Å². The second-order valence-electron chi connectivity index (χ2n) is 10.2. The lowest BCUT2D eigenvalue weighted by Gasteiger charge is -2.34. The molecular weight excluding hydrogens is 514 g/mol. The van der Waals surface area contributed by atoms with Gasteiger partial charge in [0.15, 0.2) is 6.29 Å². The van der Waals surface area contributed by atoms with E-state index in [0.717, 1.165) is 24.1 Å². The van der Waals surface area contributed by atoms with Gasteiger partial charge in [0, 0.05) is 76.1 Å². The van der Waals surface area contributed by atoms with Crippen molar-refractivity contribution in [1.29, 1.82) is 0 Å². The molecule has 0 bridgehead atoms. The molecule has 3 heterocycles. The highest BCUT2D eigenvalue weighted by Crippen LogP contribution is 2.21. The van der Waals surface area contributed by atoms with Gasteiger partial charge >= 0.3 is 0 Å². The van der Waals surface area contributed by atoms with E-state index in [0.29, 0.717) is 88.6 Å². The third kappa shape index (κ3) is 7.47. The van der Waals surface area contributed by atoms with Crippen molar-refractivity contribution in [3.05, 3.63) is 52.3 Å². The number of piperazine rings is 1. The average molecular weight is 556 g/mol. The van der Waals surface area contributed by atoms with Crippen LogP contribution in [-0.2, 0) is 33.7 Å². The molecule has 1 aromatic carbocycles. The SMILES string of the molecule is CCn1nc(CCCOC(O)c2cccc(C(=O)N3CCN(C(C)=O)CC3)c2)c2c1C(=O)NCCCOCCC2. The van der Waals surface area contributed by atoms with Crippen LogP contribution in [0, 0.1) is 0 Å². The molecule has 2 N–H and O–H groups in total. The Hall–Kier alpha value is -3.28. The predicted octanol–water partition coefficient (Wildman–Crippen LogP) is 1.93. The molecule has 1 atom stereocenters. The molecule has 40 heavy (non-hydrogen) atoms. The first-order valence-electron chi connectivity index (χ1n) is 14.3. The highest BCUT2D eigenvalue weighted by molar-refractivity contribution is 5.95. The lowest BCUT2D eigenvalue weighted by molar-refractivity contribution is -0.130. The molecule has 1 fully saturated rings. The van der Waals surface area contributed by atoms with E-state index in [4.69, 9.17) is 14.6 Å². The zero-order valence-electron chi connectivity index (χ0n) is 23.6. The smallest absolute Gasteiger partial charge is 0.269 e. The largest absolute Gasteiger partial charge is 0.381 e. The molecule has 0 saturated carbocycles. The Bertz CT molecular complexity index is 1170. The fraction of sp³-hybridized carbons (Fsp3) is 0.586. The number of fused-ring (bicyclic) bond motifs is 1. The minimum Gasteiger partial charge on any atom is -0.381 e. The van der Waals surface area contributed by atoms with Crippen molar-refractivity contribution in [2.24, 2.45) is 0 Å². The maximum atomic E-state index is 13.0. The number of nitrogens with zero attached hydrogens (tertiary/aromatic N) is 4. The standard InChI is InChI=1S/C29H41N5O6/c1-3-34-26-24(10-5-17-39-18-7-12-30-27(26)36)25(31-34)11-6-19-40-29(38)23-9-4-8-22(20-23)28(37)33-15-13-32(14-16-33)21(2)35/h4,8-9,20,29,38H,3,5-7,10-19H2,1-2H3,(H,30,36). The van der Waals surface area contributed by atoms with Gasteiger partial charge in [0.2, 0.25) is 5.91 Å². The number of aliphatic hydroxyl groups is 1. The second kappa shape index (κ2) is 14.4. The van der Waals surface area contributed by atoms with E-state index >= 15 is 0 Å². The van der Waals surface area contributed by atoms with E-state index in [2.05, 4.69) is 5.32 Å². The predicted molar refractivity (Wildman–Crippen MR) is 148 cm³/mol. The summed E-state index contributed by atoms with van der Waals surface area (Å²) in [5.41, 5.74) is 3.45. The Morgan fingerprint density at radius 1 is 1.15 bits per heavy atom. The van der Waals surface area contributed by atoms with E-state index in [9.17, 15) is 19.5 Å². The van der Waals surface area contributed by atoms with Gasteiger partial charge in [-0.25, -0.2) is 0 Å². The van der Waals surface area contributed by atoms with Crippen molar-refractivity contribution in [1.82, 2.24) is 24.9 Å². The summed E-state index contributed by atoms with van der Waals surface area (Å²) in [6, 6.07) is 6.85. The van der Waals surface area contributed by atoms with E-state index in [1.54, 1.807) is 38.7 Å². The summed E-state index contributed by atoms with van der Waals surface area (Å²) in [7, 11) is 0. The molecule has 11 heteroatoms. The summed E-state index contributed by atoms with van der Waals surface area (Å²) >= 11 is 0. The number of carbonyl (C=O) groups is 3. The number of aliphatic hydroxyl groups excluding tert-OH is 1. The van der Waals surface area contributed by atoms with Crippen molar-refractivity contribution in [2.75, 3.05) is 52.5 Å². The summed E-state index contributed by atoms with van der Waals surface area (Å²) in [6.45, 7) is 8.25. The monoisotopic (exact) mass is 555 g/mol. The number of hydrogen-bond acceptors (Lipinski definition) is 7. The van der Waals surface area contributed by atoms with Crippen LogP contribution in [0.4, 0.5) is 0 Å². The third-order valence-electron chi connectivity index (χ3n) is 7.38. The van der Waals surface area contributed by atoms with Gasteiger partial charge in [0.05, 0.1) is 12.3 Å². The lowest BCUT2D eigenvalue weighted by atomic mass is 10.0. The Morgan fingerprint density at radius 2 is 1.90 bits per heavy atom. The zero-order chi connectivity index (χ0) is 28.5. The Kier molecular flexibility index (Phi) is 10.7. The fourth-order valence-electron chi connectivity index (χ4n) is 5.17. The van der Waals surface area contributed by atoms with Crippen LogP contribution in [0.25, 0.3) is 0 Å². The van der Waals surface area contributed by atoms with Gasteiger partial charge in [0.1, 0.15) is 5.69 Å². The number of aromatic nitrogens is 2. The van der Waals surface area contributed by atoms with Gasteiger partial charge in [-0.3, -0.25) is 19.1 Å². The van der Waals surface area contributed by atoms with Gasteiger partial charge in [-0.15, -0.1) is 0 Å². The first-order chi connectivity index (χ1) is 19.4. The molecule has 0 radical (unpaired) electrons. The first-order valence-corrected chi connectivity index (χ1v) is 14.3. The average Bonchev–Trinajstić information content (AvgIpc) is 3.31. The molecule has 4 rings (SSSR count). The normalized spacial score (nSPS) is 17.5. The molecule has 3 amide bonds. The topological polar surface area (TPSA) is 126 Å². The molecule has 2 aromatic rings. The second-order valence-corrected chi connectivity index (χ2v) is 10.2. The van der Waals surface area contributed by atoms with Crippen molar-refractivity contribution < 1.29 is 29.0 Å². The molecule has 1 unspecified atom stereocenters. The number of hydrogen-bond donors (Lipinski definition) is 2. The number of ether oxygens (including phenoxy) is 2. The van der Waals surface area contributed by atoms with Crippen LogP contribution in [0.2, 0.25) is 0 Å². The van der Waals surface area contributed by atoms with Gasteiger partial charge in [-0.05, 0) is 51.2 Å². The molecule has 0 spiro atoms. The number of amides is 3. The zero-order valence-corrected chi connectivity index (χ0v) is 23.6. The number of rotatable bonds is 8.